The quantitative estimate of drug-likeness (QED) is 0.675. The van der Waals surface area contributed by atoms with Crippen LogP contribution < -0.4 is 4.90 Å². The molecule has 0 radical (unpaired) electrons. The Hall–Kier alpha value is -3.34. The van der Waals surface area contributed by atoms with Crippen molar-refractivity contribution in [3.63, 3.8) is 0 Å². The van der Waals surface area contributed by atoms with E-state index in [4.69, 9.17) is 0 Å². The van der Waals surface area contributed by atoms with Crippen molar-refractivity contribution in [1.82, 2.24) is 4.98 Å². The Morgan fingerprint density at radius 1 is 0.923 bits per heavy atom. The largest absolute Gasteiger partial charge is 0.274 e. The zero-order valence-corrected chi connectivity index (χ0v) is 13.8. The third-order valence-electron chi connectivity index (χ3n) is 4.51. The van der Waals surface area contributed by atoms with Crippen LogP contribution in [0.15, 0.2) is 72.9 Å². The average Bonchev–Trinajstić information content (AvgIpc) is 2.97. The highest BCUT2D eigenvalue weighted by Crippen LogP contribution is 2.37. The molecular weight excluding hydrogens is 331 g/mol. The first-order chi connectivity index (χ1) is 12.7. The number of rotatable bonds is 3. The fourth-order valence-electron chi connectivity index (χ4n) is 3.32. The molecule has 5 heteroatoms. The van der Waals surface area contributed by atoms with Crippen molar-refractivity contribution >= 4 is 17.5 Å². The van der Waals surface area contributed by atoms with Crippen LogP contribution in [0.4, 0.5) is 10.1 Å². The smallest absolute Gasteiger partial charge is 0.241 e. The first-order valence-corrected chi connectivity index (χ1v) is 8.28. The van der Waals surface area contributed by atoms with Gasteiger partial charge < -0.3 is 0 Å². The summed E-state index contributed by atoms with van der Waals surface area (Å²) in [6.45, 7) is 0. The highest BCUT2D eigenvalue weighted by atomic mass is 19.1. The average molecular weight is 346 g/mol. The van der Waals surface area contributed by atoms with E-state index in [2.05, 4.69) is 4.98 Å². The Bertz CT molecular complexity index is 988. The van der Waals surface area contributed by atoms with Gasteiger partial charge in [0.2, 0.25) is 11.8 Å². The lowest BCUT2D eigenvalue weighted by atomic mass is 9.91. The predicted octanol–water partition coefficient (Wildman–Crippen LogP) is 3.93. The topological polar surface area (TPSA) is 50.3 Å². The molecule has 1 aromatic heterocycles. The molecular formula is C21H15FN2O2. The fourth-order valence-corrected chi connectivity index (χ4v) is 3.32. The Balaban J connectivity index is 1.77. The second-order valence-electron chi connectivity index (χ2n) is 6.08. The van der Waals surface area contributed by atoms with Gasteiger partial charge in [-0.25, -0.2) is 4.39 Å². The fraction of sp³-hybridized carbons (Fsp3) is 0.0952. The number of hydrogen-bond acceptors (Lipinski definition) is 3. The molecule has 2 aromatic carbocycles. The molecule has 26 heavy (non-hydrogen) atoms. The van der Waals surface area contributed by atoms with Crippen LogP contribution >= 0.6 is 0 Å². The van der Waals surface area contributed by atoms with Crippen molar-refractivity contribution in [2.45, 2.75) is 12.3 Å². The standard InChI is InChI=1S/C21H15FN2O2/c22-18-11-6-12-23-20(18)16-10-5-4-9-15(16)17-13-19(25)24(21(17)26)14-7-2-1-3-8-14/h1-12,17H,13H2/t17-/m1/s1. The molecule has 2 amide bonds. The van der Waals surface area contributed by atoms with E-state index in [1.54, 1.807) is 48.5 Å². The van der Waals surface area contributed by atoms with Crippen molar-refractivity contribution in [2.75, 3.05) is 4.90 Å². The van der Waals surface area contributed by atoms with Gasteiger partial charge in [0.25, 0.3) is 0 Å². The van der Waals surface area contributed by atoms with Crippen LogP contribution in [0.25, 0.3) is 11.3 Å². The maximum Gasteiger partial charge on any atom is 0.241 e. The number of imide groups is 1. The summed E-state index contributed by atoms with van der Waals surface area (Å²) < 4.78 is 14.2. The molecule has 0 aliphatic carbocycles. The molecule has 0 bridgehead atoms. The number of benzene rings is 2. The summed E-state index contributed by atoms with van der Waals surface area (Å²) in [7, 11) is 0. The molecule has 3 aromatic rings. The van der Waals surface area contributed by atoms with Crippen LogP contribution in [0.5, 0.6) is 0 Å². The summed E-state index contributed by atoms with van der Waals surface area (Å²) in [4.78, 5) is 30.8. The molecule has 4 rings (SSSR count). The van der Waals surface area contributed by atoms with E-state index < -0.39 is 11.7 Å². The lowest BCUT2D eigenvalue weighted by Crippen LogP contribution is -2.30. The van der Waals surface area contributed by atoms with Crippen molar-refractivity contribution in [1.29, 1.82) is 0 Å². The van der Waals surface area contributed by atoms with Crippen LogP contribution in [-0.2, 0) is 9.59 Å². The third-order valence-corrected chi connectivity index (χ3v) is 4.51. The normalized spacial score (nSPS) is 17.0. The van der Waals surface area contributed by atoms with E-state index in [9.17, 15) is 14.0 Å². The molecule has 1 fully saturated rings. The minimum atomic E-state index is -0.652. The summed E-state index contributed by atoms with van der Waals surface area (Å²) in [5.41, 5.74) is 1.88. The molecule has 1 saturated heterocycles. The van der Waals surface area contributed by atoms with Gasteiger partial charge >= 0.3 is 0 Å². The van der Waals surface area contributed by atoms with E-state index in [1.807, 2.05) is 6.07 Å². The molecule has 0 spiro atoms. The van der Waals surface area contributed by atoms with Gasteiger partial charge in [-0.3, -0.25) is 19.5 Å². The number of hydrogen-bond donors (Lipinski definition) is 0. The van der Waals surface area contributed by atoms with Crippen LogP contribution in [0, 0.1) is 5.82 Å². The summed E-state index contributed by atoms with van der Waals surface area (Å²) in [6.07, 6.45) is 1.56. The highest BCUT2D eigenvalue weighted by Gasteiger charge is 2.41. The van der Waals surface area contributed by atoms with Crippen LogP contribution in [-0.4, -0.2) is 16.8 Å². The molecule has 0 unspecified atom stereocenters. The Labute approximate surface area is 149 Å². The van der Waals surface area contributed by atoms with Gasteiger partial charge in [-0.15, -0.1) is 0 Å². The lowest BCUT2D eigenvalue weighted by molar-refractivity contribution is -0.121. The molecule has 4 nitrogen and oxygen atoms in total. The van der Waals surface area contributed by atoms with E-state index in [0.717, 1.165) is 0 Å². The number of para-hydroxylation sites is 1. The van der Waals surface area contributed by atoms with Gasteiger partial charge in [-0.05, 0) is 29.8 Å². The third kappa shape index (κ3) is 2.67. The first-order valence-electron chi connectivity index (χ1n) is 8.28. The summed E-state index contributed by atoms with van der Waals surface area (Å²) in [5.74, 6) is -1.68. The molecule has 0 N–H and O–H groups in total. The maximum atomic E-state index is 14.2. The van der Waals surface area contributed by atoms with Crippen LogP contribution in [0.3, 0.4) is 0 Å². The number of nitrogens with zero attached hydrogens (tertiary/aromatic N) is 2. The van der Waals surface area contributed by atoms with Gasteiger partial charge in [-0.1, -0.05) is 42.5 Å². The molecule has 128 valence electrons. The zero-order chi connectivity index (χ0) is 18.1. The molecule has 1 aliphatic rings. The van der Waals surface area contributed by atoms with E-state index in [1.165, 1.54) is 23.2 Å². The maximum absolute atomic E-state index is 14.2. The summed E-state index contributed by atoms with van der Waals surface area (Å²) in [6, 6.07) is 18.7. The Morgan fingerprint density at radius 3 is 2.42 bits per heavy atom. The molecule has 0 saturated carbocycles. The van der Waals surface area contributed by atoms with E-state index in [-0.39, 0.29) is 23.9 Å². The number of pyridine rings is 1. The zero-order valence-electron chi connectivity index (χ0n) is 13.8. The number of amides is 2. The highest BCUT2D eigenvalue weighted by molar-refractivity contribution is 6.23. The second kappa shape index (κ2) is 6.52. The monoisotopic (exact) mass is 346 g/mol. The lowest BCUT2D eigenvalue weighted by Gasteiger charge is -2.16. The van der Waals surface area contributed by atoms with Gasteiger partial charge in [0.15, 0.2) is 0 Å². The molecule has 2 heterocycles. The van der Waals surface area contributed by atoms with E-state index >= 15 is 0 Å². The Morgan fingerprint density at radius 2 is 1.65 bits per heavy atom. The number of anilines is 1. The van der Waals surface area contributed by atoms with Gasteiger partial charge in [0.05, 0.1) is 11.6 Å². The van der Waals surface area contributed by atoms with Gasteiger partial charge in [-0.2, -0.15) is 0 Å². The van der Waals surface area contributed by atoms with Crippen molar-refractivity contribution in [3.05, 3.63) is 84.3 Å². The number of carbonyl (C=O) groups excluding carboxylic acids is 2. The van der Waals surface area contributed by atoms with Crippen molar-refractivity contribution in [3.8, 4) is 11.3 Å². The number of aromatic nitrogens is 1. The molecule has 1 aliphatic heterocycles. The molecule has 1 atom stereocenters. The predicted molar refractivity (Wildman–Crippen MR) is 95.9 cm³/mol. The summed E-state index contributed by atoms with van der Waals surface area (Å²) >= 11 is 0. The van der Waals surface area contributed by atoms with Crippen molar-refractivity contribution < 1.29 is 14.0 Å². The SMILES string of the molecule is O=C1C[C@H](c2ccccc2-c2ncccc2F)C(=O)N1c1ccccc1. The minimum absolute atomic E-state index is 0.0548. The number of carbonyl (C=O) groups is 2. The summed E-state index contributed by atoms with van der Waals surface area (Å²) in [5, 5.41) is 0. The minimum Gasteiger partial charge on any atom is -0.274 e. The van der Waals surface area contributed by atoms with Gasteiger partial charge in [0, 0.05) is 18.2 Å². The Kier molecular flexibility index (Phi) is 4.05. The number of halogens is 1. The van der Waals surface area contributed by atoms with Crippen molar-refractivity contribution in [2.24, 2.45) is 0 Å². The van der Waals surface area contributed by atoms with Gasteiger partial charge in [0.1, 0.15) is 11.5 Å². The first kappa shape index (κ1) is 16.1. The van der Waals surface area contributed by atoms with E-state index in [0.29, 0.717) is 16.8 Å². The van der Waals surface area contributed by atoms with Crippen LogP contribution in [0.1, 0.15) is 17.9 Å². The van der Waals surface area contributed by atoms with Crippen LogP contribution in [0.2, 0.25) is 0 Å². The second-order valence-corrected chi connectivity index (χ2v) is 6.08.